The standard InChI is InChI=1S/C22H23NO6S/c1-2-22(9-10-23-20(26)14-7-8-15(14)21(27)28)11-30-19-17(25)16(24)12-5-3-4-6-13(12)18(19)29-22/h3-6,14-15H,2,7-11H2,1H3,(H,23,26)(H,27,28). The first-order chi connectivity index (χ1) is 14.4. The fraction of sp³-hybridized carbons (Fsp3) is 0.455. The topological polar surface area (TPSA) is 110 Å². The van der Waals surface area contributed by atoms with Gasteiger partial charge in [-0.2, -0.15) is 0 Å². The van der Waals surface area contributed by atoms with E-state index in [-0.39, 0.29) is 5.91 Å². The molecule has 3 aliphatic rings. The minimum Gasteiger partial charge on any atom is -0.484 e. The van der Waals surface area contributed by atoms with Gasteiger partial charge in [-0.1, -0.05) is 31.2 Å². The molecule has 1 aliphatic heterocycles. The molecule has 1 heterocycles. The molecule has 1 amide bonds. The van der Waals surface area contributed by atoms with Gasteiger partial charge in [-0.05, 0) is 19.3 Å². The maximum Gasteiger partial charge on any atom is 0.307 e. The fourth-order valence-electron chi connectivity index (χ4n) is 4.14. The zero-order valence-corrected chi connectivity index (χ0v) is 17.4. The fourth-order valence-corrected chi connectivity index (χ4v) is 5.46. The van der Waals surface area contributed by atoms with Crippen LogP contribution >= 0.6 is 11.8 Å². The van der Waals surface area contributed by atoms with Crippen molar-refractivity contribution in [2.45, 2.75) is 38.2 Å². The number of rotatable bonds is 6. The molecule has 8 heteroatoms. The summed E-state index contributed by atoms with van der Waals surface area (Å²) in [5, 5.41) is 12.0. The number of ether oxygens (including phenoxy) is 1. The van der Waals surface area contributed by atoms with Crippen molar-refractivity contribution >= 4 is 41.0 Å². The molecule has 0 aromatic heterocycles. The third kappa shape index (κ3) is 3.43. The van der Waals surface area contributed by atoms with Crippen LogP contribution in [0.25, 0.3) is 5.76 Å². The Hall–Kier alpha value is -2.61. The van der Waals surface area contributed by atoms with E-state index in [1.165, 1.54) is 11.8 Å². The number of benzene rings is 1. The van der Waals surface area contributed by atoms with E-state index in [9.17, 15) is 19.2 Å². The number of carbonyl (C=O) groups is 4. The molecule has 3 unspecified atom stereocenters. The summed E-state index contributed by atoms with van der Waals surface area (Å²) in [4.78, 5) is 48.7. The van der Waals surface area contributed by atoms with Crippen LogP contribution in [0, 0.1) is 11.8 Å². The van der Waals surface area contributed by atoms with Gasteiger partial charge in [0, 0.05) is 29.8 Å². The first-order valence-corrected chi connectivity index (χ1v) is 11.1. The molecular weight excluding hydrogens is 406 g/mol. The molecule has 1 saturated carbocycles. The Kier molecular flexibility index (Phi) is 5.44. The molecule has 1 fully saturated rings. The van der Waals surface area contributed by atoms with E-state index in [2.05, 4.69) is 5.32 Å². The van der Waals surface area contributed by atoms with Gasteiger partial charge in [-0.25, -0.2) is 0 Å². The normalized spacial score (nSPS) is 27.5. The molecule has 158 valence electrons. The summed E-state index contributed by atoms with van der Waals surface area (Å²) in [6.07, 6.45) is 2.32. The zero-order chi connectivity index (χ0) is 21.5. The Labute approximate surface area is 178 Å². The summed E-state index contributed by atoms with van der Waals surface area (Å²) < 4.78 is 6.35. The molecule has 0 spiro atoms. The smallest absolute Gasteiger partial charge is 0.307 e. The lowest BCUT2D eigenvalue weighted by Crippen LogP contribution is -2.46. The van der Waals surface area contributed by atoms with Crippen LogP contribution in [0.15, 0.2) is 29.2 Å². The van der Waals surface area contributed by atoms with E-state index in [0.717, 1.165) is 0 Å². The number of carboxylic acid groups (broad SMARTS) is 1. The van der Waals surface area contributed by atoms with Crippen molar-refractivity contribution in [1.29, 1.82) is 0 Å². The number of hydrogen-bond donors (Lipinski definition) is 2. The number of carboxylic acids is 1. The second kappa shape index (κ2) is 7.91. The number of allylic oxidation sites excluding steroid dienone is 1. The predicted molar refractivity (Wildman–Crippen MR) is 111 cm³/mol. The van der Waals surface area contributed by atoms with Gasteiger partial charge in [-0.15, -0.1) is 11.8 Å². The van der Waals surface area contributed by atoms with Gasteiger partial charge in [0.2, 0.25) is 17.5 Å². The largest absolute Gasteiger partial charge is 0.484 e. The Balaban J connectivity index is 1.47. The lowest BCUT2D eigenvalue weighted by molar-refractivity contribution is -0.152. The third-order valence-corrected chi connectivity index (χ3v) is 7.62. The molecule has 0 saturated heterocycles. The Morgan fingerprint density at radius 3 is 2.50 bits per heavy atom. The number of hydrogen-bond acceptors (Lipinski definition) is 6. The molecule has 0 bridgehead atoms. The minimum absolute atomic E-state index is 0.230. The second-order valence-corrected chi connectivity index (χ2v) is 8.94. The molecule has 7 nitrogen and oxygen atoms in total. The molecule has 2 N–H and O–H groups in total. The number of fused-ring (bicyclic) bond motifs is 2. The number of nitrogens with one attached hydrogen (secondary N) is 1. The average molecular weight is 429 g/mol. The SMILES string of the molecule is CCC1(CCNC(=O)C2CCC2C(=O)O)CSC2=C(O1)c1ccccc1C(=O)C2=O. The number of Topliss-reactive ketones (excluding diaryl/α,β-unsaturated/α-hetero) is 2. The van der Waals surface area contributed by atoms with Gasteiger partial charge < -0.3 is 15.2 Å². The Morgan fingerprint density at radius 1 is 1.17 bits per heavy atom. The lowest BCUT2D eigenvalue weighted by atomic mass is 9.73. The number of ketones is 2. The van der Waals surface area contributed by atoms with Crippen LogP contribution < -0.4 is 5.32 Å². The molecular formula is C22H23NO6S. The summed E-state index contributed by atoms with van der Waals surface area (Å²) in [6, 6.07) is 6.94. The molecule has 30 heavy (non-hydrogen) atoms. The molecule has 1 aromatic rings. The molecule has 0 radical (unpaired) electrons. The molecule has 4 rings (SSSR count). The van der Waals surface area contributed by atoms with Crippen LogP contribution in [-0.2, 0) is 19.1 Å². The van der Waals surface area contributed by atoms with Gasteiger partial charge in [0.1, 0.15) is 16.3 Å². The van der Waals surface area contributed by atoms with Crippen LogP contribution in [0.5, 0.6) is 0 Å². The number of amides is 1. The number of thioether (sulfide) groups is 1. The first-order valence-electron chi connectivity index (χ1n) is 10.1. The molecule has 3 atom stereocenters. The molecule has 2 aliphatic carbocycles. The van der Waals surface area contributed by atoms with Crippen molar-refractivity contribution < 1.29 is 29.0 Å². The van der Waals surface area contributed by atoms with E-state index in [1.54, 1.807) is 24.3 Å². The Bertz CT molecular complexity index is 970. The zero-order valence-electron chi connectivity index (χ0n) is 16.6. The summed E-state index contributed by atoms with van der Waals surface area (Å²) in [5.74, 6) is -2.31. The van der Waals surface area contributed by atoms with Crippen molar-refractivity contribution in [2.24, 2.45) is 11.8 Å². The van der Waals surface area contributed by atoms with Gasteiger partial charge in [0.05, 0.1) is 11.8 Å². The van der Waals surface area contributed by atoms with Gasteiger partial charge in [-0.3, -0.25) is 19.2 Å². The highest BCUT2D eigenvalue weighted by molar-refractivity contribution is 8.04. The van der Waals surface area contributed by atoms with Crippen molar-refractivity contribution in [3.8, 4) is 0 Å². The summed E-state index contributed by atoms with van der Waals surface area (Å²) in [6.45, 7) is 2.34. The summed E-state index contributed by atoms with van der Waals surface area (Å²) >= 11 is 1.33. The Morgan fingerprint density at radius 2 is 1.87 bits per heavy atom. The van der Waals surface area contributed by atoms with Gasteiger partial charge in [0.15, 0.2) is 0 Å². The average Bonchev–Trinajstić information content (AvgIpc) is 2.70. The number of aliphatic carboxylic acids is 1. The van der Waals surface area contributed by atoms with Crippen molar-refractivity contribution in [2.75, 3.05) is 12.3 Å². The number of carbonyl (C=O) groups excluding carboxylic acids is 3. The first kappa shape index (κ1) is 20.7. The maximum absolute atomic E-state index is 12.5. The van der Waals surface area contributed by atoms with Crippen LogP contribution in [0.4, 0.5) is 0 Å². The lowest BCUT2D eigenvalue weighted by Gasteiger charge is -2.40. The van der Waals surface area contributed by atoms with Gasteiger partial charge in [0.25, 0.3) is 0 Å². The highest BCUT2D eigenvalue weighted by Crippen LogP contribution is 2.46. The predicted octanol–water partition coefficient (Wildman–Crippen LogP) is 2.65. The van der Waals surface area contributed by atoms with Crippen LogP contribution in [0.2, 0.25) is 0 Å². The highest BCUT2D eigenvalue weighted by atomic mass is 32.2. The van der Waals surface area contributed by atoms with Gasteiger partial charge >= 0.3 is 5.97 Å². The quantitative estimate of drug-likeness (QED) is 0.669. The van der Waals surface area contributed by atoms with E-state index in [0.29, 0.717) is 59.8 Å². The van der Waals surface area contributed by atoms with E-state index < -0.39 is 35.0 Å². The third-order valence-electron chi connectivity index (χ3n) is 6.29. The second-order valence-electron chi connectivity index (χ2n) is 7.96. The van der Waals surface area contributed by atoms with Crippen molar-refractivity contribution in [1.82, 2.24) is 5.32 Å². The van der Waals surface area contributed by atoms with Crippen molar-refractivity contribution in [3.63, 3.8) is 0 Å². The van der Waals surface area contributed by atoms with Crippen LogP contribution in [0.1, 0.15) is 48.5 Å². The molecule has 1 aromatic carbocycles. The summed E-state index contributed by atoms with van der Waals surface area (Å²) in [7, 11) is 0. The maximum atomic E-state index is 12.5. The van der Waals surface area contributed by atoms with E-state index in [1.807, 2.05) is 6.92 Å². The minimum atomic E-state index is -0.923. The van der Waals surface area contributed by atoms with E-state index >= 15 is 0 Å². The highest BCUT2D eigenvalue weighted by Gasteiger charge is 2.44. The van der Waals surface area contributed by atoms with Crippen LogP contribution in [-0.4, -0.2) is 46.4 Å². The monoisotopic (exact) mass is 429 g/mol. The van der Waals surface area contributed by atoms with Crippen molar-refractivity contribution in [3.05, 3.63) is 40.3 Å². The van der Waals surface area contributed by atoms with Crippen LogP contribution in [0.3, 0.4) is 0 Å². The summed E-state index contributed by atoms with van der Waals surface area (Å²) in [5.41, 5.74) is 0.396. The van der Waals surface area contributed by atoms with E-state index in [4.69, 9.17) is 9.84 Å².